The molecule has 1 aromatic carbocycles. The number of ether oxygens (including phenoxy) is 1. The summed E-state index contributed by atoms with van der Waals surface area (Å²) in [5, 5.41) is 2.90. The molecule has 1 aliphatic heterocycles. The molecule has 1 saturated heterocycles. The number of benzene rings is 1. The monoisotopic (exact) mass is 410 g/mol. The van der Waals surface area contributed by atoms with E-state index in [1.807, 2.05) is 31.2 Å². The first-order valence-electron chi connectivity index (χ1n) is 10.2. The fourth-order valence-corrected chi connectivity index (χ4v) is 3.81. The van der Waals surface area contributed by atoms with Crippen molar-refractivity contribution in [2.75, 3.05) is 27.2 Å². The number of aromatic nitrogens is 1. The summed E-state index contributed by atoms with van der Waals surface area (Å²) in [7, 11) is 3.43. The van der Waals surface area contributed by atoms with Gasteiger partial charge in [0.15, 0.2) is 0 Å². The number of hydrogen-bond donors (Lipinski definition) is 1. The molecule has 1 N–H and O–H groups in total. The molecule has 1 fully saturated rings. The molecule has 1 aromatic heterocycles. The number of amides is 2. The number of hydrogen-bond acceptors (Lipinski definition) is 5. The second kappa shape index (κ2) is 9.71. The Labute approximate surface area is 178 Å². The largest absolute Gasteiger partial charge is 0.496 e. The highest BCUT2D eigenvalue weighted by atomic mass is 16.5. The summed E-state index contributed by atoms with van der Waals surface area (Å²) in [6.45, 7) is 6.49. The van der Waals surface area contributed by atoms with Crippen LogP contribution in [0.1, 0.15) is 28.7 Å². The molecule has 2 amide bonds. The number of carbonyl (C=O) groups excluding carboxylic acids is 2. The van der Waals surface area contributed by atoms with Gasteiger partial charge in [-0.15, -0.1) is 0 Å². The Bertz CT molecular complexity index is 901. The highest BCUT2D eigenvalue weighted by Crippen LogP contribution is 2.26. The zero-order valence-electron chi connectivity index (χ0n) is 18.1. The van der Waals surface area contributed by atoms with Crippen molar-refractivity contribution in [1.29, 1.82) is 0 Å². The first kappa shape index (κ1) is 21.8. The van der Waals surface area contributed by atoms with E-state index in [1.54, 1.807) is 31.5 Å². The molecule has 30 heavy (non-hydrogen) atoms. The van der Waals surface area contributed by atoms with Gasteiger partial charge in [0.25, 0.3) is 0 Å². The van der Waals surface area contributed by atoms with Crippen molar-refractivity contribution in [2.45, 2.75) is 39.4 Å². The van der Waals surface area contributed by atoms with Crippen LogP contribution in [-0.2, 0) is 22.7 Å². The molecule has 2 heterocycles. The van der Waals surface area contributed by atoms with Crippen LogP contribution in [0.25, 0.3) is 0 Å². The van der Waals surface area contributed by atoms with Crippen molar-refractivity contribution in [2.24, 2.45) is 0 Å². The Morgan fingerprint density at radius 1 is 1.30 bits per heavy atom. The number of carbonyl (C=O) groups is 2. The fraction of sp³-hybridized carbons (Fsp3) is 0.435. The Hall–Kier alpha value is -2.93. The van der Waals surface area contributed by atoms with Crippen LogP contribution in [0.2, 0.25) is 0 Å². The highest BCUT2D eigenvalue weighted by Gasteiger charge is 2.32. The topological polar surface area (TPSA) is 74.8 Å². The molecule has 7 heteroatoms. The van der Waals surface area contributed by atoms with Crippen molar-refractivity contribution in [1.82, 2.24) is 20.1 Å². The molecule has 2 aromatic rings. The lowest BCUT2D eigenvalue weighted by atomic mass is 10.00. The van der Waals surface area contributed by atoms with E-state index in [9.17, 15) is 9.59 Å². The van der Waals surface area contributed by atoms with Crippen molar-refractivity contribution in [3.8, 4) is 5.75 Å². The maximum Gasteiger partial charge on any atom is 0.237 e. The second-order valence-electron chi connectivity index (χ2n) is 7.77. The summed E-state index contributed by atoms with van der Waals surface area (Å²) in [6, 6.07) is 7.31. The average Bonchev–Trinajstić information content (AvgIpc) is 2.74. The van der Waals surface area contributed by atoms with Gasteiger partial charge in [-0.2, -0.15) is 0 Å². The van der Waals surface area contributed by atoms with Gasteiger partial charge in [-0.25, -0.2) is 0 Å². The number of pyridine rings is 1. The lowest BCUT2D eigenvalue weighted by molar-refractivity contribution is -0.138. The minimum absolute atomic E-state index is 0.0615. The number of methoxy groups -OCH3 is 1. The van der Waals surface area contributed by atoms with Crippen LogP contribution in [-0.4, -0.2) is 59.9 Å². The minimum atomic E-state index is -0.482. The van der Waals surface area contributed by atoms with Gasteiger partial charge in [-0.05, 0) is 48.2 Å². The molecular weight excluding hydrogens is 380 g/mol. The van der Waals surface area contributed by atoms with E-state index in [-0.39, 0.29) is 18.2 Å². The Balaban J connectivity index is 1.71. The van der Waals surface area contributed by atoms with E-state index in [4.69, 9.17) is 4.74 Å². The summed E-state index contributed by atoms with van der Waals surface area (Å²) in [4.78, 5) is 33.3. The zero-order chi connectivity index (χ0) is 21.7. The Morgan fingerprint density at radius 2 is 2.10 bits per heavy atom. The fourth-order valence-electron chi connectivity index (χ4n) is 3.81. The molecule has 0 aliphatic carbocycles. The molecular formula is C23H30N4O3. The smallest absolute Gasteiger partial charge is 0.237 e. The molecule has 1 aliphatic rings. The normalized spacial score (nSPS) is 16.8. The first-order valence-corrected chi connectivity index (χ1v) is 10.2. The van der Waals surface area contributed by atoms with Crippen molar-refractivity contribution in [3.63, 3.8) is 0 Å². The van der Waals surface area contributed by atoms with Crippen LogP contribution in [0.3, 0.4) is 0 Å². The van der Waals surface area contributed by atoms with Crippen LogP contribution in [0.4, 0.5) is 0 Å². The van der Waals surface area contributed by atoms with Crippen LogP contribution in [0.15, 0.2) is 36.7 Å². The lowest BCUT2D eigenvalue weighted by Gasteiger charge is -2.36. The first-order chi connectivity index (χ1) is 14.4. The van der Waals surface area contributed by atoms with Crippen LogP contribution >= 0.6 is 0 Å². The van der Waals surface area contributed by atoms with Gasteiger partial charge < -0.3 is 15.0 Å². The molecule has 7 nitrogen and oxygen atoms in total. The third kappa shape index (κ3) is 4.97. The molecule has 0 bridgehead atoms. The molecule has 3 rings (SSSR count). The Morgan fingerprint density at radius 3 is 2.80 bits per heavy atom. The number of piperazine rings is 1. The van der Waals surface area contributed by atoms with Crippen molar-refractivity contribution in [3.05, 3.63) is 58.9 Å². The summed E-state index contributed by atoms with van der Waals surface area (Å²) < 4.78 is 5.40. The number of nitrogens with zero attached hydrogens (tertiary/aromatic N) is 3. The SMILES string of the molecule is COc1ccc(CN2CCNC(=O)C2CC(=O)N(C)Cc2cccnc2)c(C)c1C. The summed E-state index contributed by atoms with van der Waals surface area (Å²) in [6.07, 6.45) is 3.60. The highest BCUT2D eigenvalue weighted by molar-refractivity contribution is 5.88. The van der Waals surface area contributed by atoms with E-state index in [2.05, 4.69) is 22.1 Å². The quantitative estimate of drug-likeness (QED) is 0.756. The van der Waals surface area contributed by atoms with Gasteiger partial charge in [0.1, 0.15) is 5.75 Å². The number of rotatable bonds is 7. The lowest BCUT2D eigenvalue weighted by Crippen LogP contribution is -2.56. The van der Waals surface area contributed by atoms with E-state index in [0.29, 0.717) is 26.2 Å². The zero-order valence-corrected chi connectivity index (χ0v) is 18.1. The van der Waals surface area contributed by atoms with E-state index < -0.39 is 6.04 Å². The van der Waals surface area contributed by atoms with Gasteiger partial charge in [0.2, 0.25) is 11.8 Å². The average molecular weight is 411 g/mol. The molecule has 0 radical (unpaired) electrons. The summed E-state index contributed by atoms with van der Waals surface area (Å²) in [5.41, 5.74) is 4.35. The molecule has 1 atom stereocenters. The van der Waals surface area contributed by atoms with Crippen molar-refractivity contribution >= 4 is 11.8 Å². The van der Waals surface area contributed by atoms with Crippen LogP contribution in [0, 0.1) is 13.8 Å². The van der Waals surface area contributed by atoms with Crippen molar-refractivity contribution < 1.29 is 14.3 Å². The van der Waals surface area contributed by atoms with Gasteiger partial charge in [-0.3, -0.25) is 19.5 Å². The van der Waals surface area contributed by atoms with Crippen LogP contribution in [0.5, 0.6) is 5.75 Å². The van der Waals surface area contributed by atoms with Crippen LogP contribution < -0.4 is 10.1 Å². The van der Waals surface area contributed by atoms with Gasteiger partial charge >= 0.3 is 0 Å². The summed E-state index contributed by atoms with van der Waals surface area (Å²) in [5.74, 6) is 0.706. The number of nitrogens with one attached hydrogen (secondary N) is 1. The third-order valence-electron chi connectivity index (χ3n) is 5.82. The molecule has 160 valence electrons. The molecule has 0 saturated carbocycles. The summed E-state index contributed by atoms with van der Waals surface area (Å²) >= 11 is 0. The second-order valence-corrected chi connectivity index (χ2v) is 7.77. The van der Waals surface area contributed by atoms with E-state index >= 15 is 0 Å². The van der Waals surface area contributed by atoms with E-state index in [1.165, 1.54) is 0 Å². The standard InChI is InChI=1S/C23H30N4O3/c1-16-17(2)21(30-4)8-7-19(16)15-27-11-10-25-23(29)20(27)12-22(28)26(3)14-18-6-5-9-24-13-18/h5-9,13,20H,10-12,14-15H2,1-4H3,(H,25,29). The van der Waals surface area contributed by atoms with E-state index in [0.717, 1.165) is 28.0 Å². The Kier molecular flexibility index (Phi) is 7.05. The maximum atomic E-state index is 12.8. The van der Waals surface area contributed by atoms with Gasteiger partial charge in [-0.1, -0.05) is 12.1 Å². The minimum Gasteiger partial charge on any atom is -0.496 e. The predicted molar refractivity (Wildman–Crippen MR) is 115 cm³/mol. The maximum absolute atomic E-state index is 12.8. The predicted octanol–water partition coefficient (Wildman–Crippen LogP) is 2.06. The van der Waals surface area contributed by atoms with Gasteiger partial charge in [0.05, 0.1) is 19.6 Å². The van der Waals surface area contributed by atoms with Gasteiger partial charge in [0, 0.05) is 45.6 Å². The molecule has 1 unspecified atom stereocenters. The molecule has 0 spiro atoms. The third-order valence-corrected chi connectivity index (χ3v) is 5.82.